The van der Waals surface area contributed by atoms with Gasteiger partial charge in [0.1, 0.15) is 11.9 Å². The number of rotatable bonds is 7. The number of hydrogen-bond acceptors (Lipinski definition) is 6. The van der Waals surface area contributed by atoms with Crippen LogP contribution < -0.4 is 4.90 Å². The number of nitrogens with zero attached hydrogens (tertiary/aromatic N) is 4. The molecule has 4 rings (SSSR count). The molecule has 1 unspecified atom stereocenters. The van der Waals surface area contributed by atoms with E-state index in [0.717, 1.165) is 5.69 Å². The van der Waals surface area contributed by atoms with Crippen molar-refractivity contribution in [2.24, 2.45) is 0 Å². The number of anilines is 1. The lowest BCUT2D eigenvalue weighted by molar-refractivity contribution is -0.158. The molecule has 8 nitrogen and oxygen atoms in total. The first-order chi connectivity index (χ1) is 15.4. The molecule has 168 valence electrons. The molecule has 0 saturated carbocycles. The summed E-state index contributed by atoms with van der Waals surface area (Å²) in [6, 6.07) is 13.8. The van der Waals surface area contributed by atoms with Crippen LogP contribution in [0.3, 0.4) is 0 Å². The lowest BCUT2D eigenvalue weighted by Gasteiger charge is -2.36. The molecule has 1 fully saturated rings. The first-order valence-corrected chi connectivity index (χ1v) is 11.7. The van der Waals surface area contributed by atoms with Crippen molar-refractivity contribution in [3.05, 3.63) is 72.2 Å². The third kappa shape index (κ3) is 4.57. The van der Waals surface area contributed by atoms with Crippen LogP contribution >= 0.6 is 0 Å². The Morgan fingerprint density at radius 3 is 2.44 bits per heavy atom. The second kappa shape index (κ2) is 9.19. The van der Waals surface area contributed by atoms with Crippen molar-refractivity contribution in [3.8, 4) is 0 Å². The first-order valence-electron chi connectivity index (χ1n) is 10.1. The Hall–Kier alpha value is -3.08. The van der Waals surface area contributed by atoms with Gasteiger partial charge in [0.15, 0.2) is 0 Å². The van der Waals surface area contributed by atoms with Gasteiger partial charge >= 0.3 is 0 Å². The fraction of sp³-hybridized carbons (Fsp3) is 0.273. The molecule has 0 bridgehead atoms. The van der Waals surface area contributed by atoms with Crippen molar-refractivity contribution in [3.63, 3.8) is 0 Å². The molecule has 1 N–H and O–H groups in total. The van der Waals surface area contributed by atoms with Gasteiger partial charge in [0.2, 0.25) is 16.4 Å². The highest BCUT2D eigenvalue weighted by molar-refractivity contribution is 7.89. The minimum atomic E-state index is -3.80. The molecule has 1 amide bonds. The number of pyridine rings is 1. The van der Waals surface area contributed by atoms with Crippen LogP contribution in [0.25, 0.3) is 10.9 Å². The number of halogens is 1. The van der Waals surface area contributed by atoms with Gasteiger partial charge < -0.3 is 4.90 Å². The molecule has 1 aromatic heterocycles. The summed E-state index contributed by atoms with van der Waals surface area (Å²) in [5, 5.41) is 11.3. The summed E-state index contributed by atoms with van der Waals surface area (Å²) in [6.45, 7) is 1.39. The normalized spacial score (nSPS) is 16.1. The number of hydrogen-bond donors (Lipinski definition) is 1. The van der Waals surface area contributed by atoms with Crippen molar-refractivity contribution in [2.75, 3.05) is 36.8 Å². The number of para-hydroxylation sites is 1. The predicted molar refractivity (Wildman–Crippen MR) is 118 cm³/mol. The van der Waals surface area contributed by atoms with E-state index in [4.69, 9.17) is 0 Å². The summed E-state index contributed by atoms with van der Waals surface area (Å²) in [5.41, 5.74) is 1.96. The van der Waals surface area contributed by atoms with Crippen molar-refractivity contribution in [1.29, 1.82) is 0 Å². The topological polar surface area (TPSA) is 94.0 Å². The van der Waals surface area contributed by atoms with Crippen molar-refractivity contribution in [2.45, 2.75) is 6.04 Å². The summed E-state index contributed by atoms with van der Waals surface area (Å²) in [6.07, 6.45) is 1.74. The van der Waals surface area contributed by atoms with Gasteiger partial charge in [-0.25, -0.2) is 17.9 Å². The molecule has 2 heterocycles. The van der Waals surface area contributed by atoms with Crippen LogP contribution in [0.1, 0.15) is 11.6 Å². The predicted octanol–water partition coefficient (Wildman–Crippen LogP) is 2.41. The molecule has 0 radical (unpaired) electrons. The minimum Gasteiger partial charge on any atom is -0.369 e. The fourth-order valence-electron chi connectivity index (χ4n) is 3.97. The van der Waals surface area contributed by atoms with Crippen LogP contribution in [0, 0.1) is 5.82 Å². The zero-order valence-corrected chi connectivity index (χ0v) is 18.0. The minimum absolute atomic E-state index is 0.210. The monoisotopic (exact) mass is 458 g/mol. The second-order valence-electron chi connectivity index (χ2n) is 7.56. The van der Waals surface area contributed by atoms with Crippen LogP contribution in [-0.2, 0) is 14.8 Å². The van der Waals surface area contributed by atoms with Gasteiger partial charge in [-0.15, -0.1) is 0 Å². The standard InChI is InChI=1S/C22H23FN4O4S/c23-17-5-7-18(8-6-17)25-11-13-26(14-12-25)32(30,31)15-22(27(29)16-28)20-9-10-24-21-4-2-1-3-19(20)21/h1-10,16,22,29H,11-15H2. The maximum atomic E-state index is 13.2. The summed E-state index contributed by atoms with van der Waals surface area (Å²) >= 11 is 0. The Morgan fingerprint density at radius 2 is 1.75 bits per heavy atom. The lowest BCUT2D eigenvalue weighted by atomic mass is 10.0. The average molecular weight is 459 g/mol. The summed E-state index contributed by atoms with van der Waals surface area (Å²) < 4.78 is 40.9. The van der Waals surface area contributed by atoms with Crippen LogP contribution in [0.15, 0.2) is 60.8 Å². The van der Waals surface area contributed by atoms with E-state index in [0.29, 0.717) is 34.6 Å². The van der Waals surface area contributed by atoms with Crippen LogP contribution in [0.5, 0.6) is 0 Å². The maximum Gasteiger partial charge on any atom is 0.233 e. The molecule has 2 aromatic carbocycles. The van der Waals surface area contributed by atoms with E-state index in [9.17, 15) is 22.8 Å². The fourth-order valence-corrected chi connectivity index (χ4v) is 5.63. The van der Waals surface area contributed by atoms with E-state index in [2.05, 4.69) is 4.98 Å². The zero-order chi connectivity index (χ0) is 22.7. The Kier molecular flexibility index (Phi) is 6.35. The van der Waals surface area contributed by atoms with Gasteiger partial charge in [-0.1, -0.05) is 18.2 Å². The average Bonchev–Trinajstić information content (AvgIpc) is 2.82. The van der Waals surface area contributed by atoms with Crippen LogP contribution in [0.4, 0.5) is 10.1 Å². The Bertz CT molecular complexity index is 1190. The summed E-state index contributed by atoms with van der Waals surface area (Å²) in [4.78, 5) is 17.6. The number of aromatic nitrogens is 1. The number of piperazine rings is 1. The molecule has 0 aliphatic carbocycles. The number of carbonyl (C=O) groups is 1. The van der Waals surface area contributed by atoms with E-state index >= 15 is 0 Å². The van der Waals surface area contributed by atoms with E-state index < -0.39 is 21.8 Å². The van der Waals surface area contributed by atoms with Gasteiger partial charge in [-0.2, -0.15) is 4.31 Å². The lowest BCUT2D eigenvalue weighted by Crippen LogP contribution is -2.50. The maximum absolute atomic E-state index is 13.2. The Labute approximate surface area is 185 Å². The molecule has 1 aliphatic rings. The Balaban J connectivity index is 1.53. The highest BCUT2D eigenvalue weighted by Crippen LogP contribution is 2.28. The number of hydroxylamine groups is 2. The van der Waals surface area contributed by atoms with Gasteiger partial charge in [0.05, 0.1) is 11.3 Å². The summed E-state index contributed by atoms with van der Waals surface area (Å²) in [5.74, 6) is -0.791. The number of amides is 1. The van der Waals surface area contributed by atoms with Crippen molar-refractivity contribution < 1.29 is 22.8 Å². The molecule has 1 aliphatic heterocycles. The third-order valence-corrected chi connectivity index (χ3v) is 7.55. The highest BCUT2D eigenvalue weighted by Gasteiger charge is 2.33. The molecule has 3 aromatic rings. The molecule has 1 atom stereocenters. The number of sulfonamides is 1. The van der Waals surface area contributed by atoms with Gasteiger partial charge in [0, 0.05) is 43.4 Å². The van der Waals surface area contributed by atoms with E-state index in [1.165, 1.54) is 22.6 Å². The van der Waals surface area contributed by atoms with Crippen molar-refractivity contribution in [1.82, 2.24) is 14.4 Å². The number of carbonyl (C=O) groups excluding carboxylic acids is 1. The SMILES string of the molecule is O=CN(O)C(CS(=O)(=O)N1CCN(c2ccc(F)cc2)CC1)c1ccnc2ccccc12. The van der Waals surface area contributed by atoms with E-state index in [1.807, 2.05) is 11.0 Å². The quantitative estimate of drug-likeness (QED) is 0.332. The highest BCUT2D eigenvalue weighted by atomic mass is 32.2. The van der Waals surface area contributed by atoms with Crippen LogP contribution in [0.2, 0.25) is 0 Å². The molecular formula is C22H23FN4O4S. The molecule has 32 heavy (non-hydrogen) atoms. The largest absolute Gasteiger partial charge is 0.369 e. The van der Waals surface area contributed by atoms with Gasteiger partial charge in [-0.3, -0.25) is 15.0 Å². The zero-order valence-electron chi connectivity index (χ0n) is 17.2. The van der Waals surface area contributed by atoms with Gasteiger partial charge in [0.25, 0.3) is 0 Å². The summed E-state index contributed by atoms with van der Waals surface area (Å²) in [7, 11) is -3.80. The van der Waals surface area contributed by atoms with Crippen molar-refractivity contribution >= 4 is 33.0 Å². The molecule has 1 saturated heterocycles. The molecular weight excluding hydrogens is 435 g/mol. The van der Waals surface area contributed by atoms with E-state index in [1.54, 1.807) is 36.4 Å². The first kappa shape index (κ1) is 22.1. The second-order valence-corrected chi connectivity index (χ2v) is 9.57. The molecule has 10 heteroatoms. The van der Waals surface area contributed by atoms with Crippen LogP contribution in [-0.4, -0.2) is 66.3 Å². The number of fused-ring (bicyclic) bond motifs is 1. The van der Waals surface area contributed by atoms with E-state index in [-0.39, 0.29) is 25.3 Å². The third-order valence-electron chi connectivity index (χ3n) is 5.66. The smallest absolute Gasteiger partial charge is 0.233 e. The Morgan fingerprint density at radius 1 is 1.06 bits per heavy atom. The van der Waals surface area contributed by atoms with Gasteiger partial charge in [-0.05, 0) is 42.0 Å². The number of benzene rings is 2. The molecule has 0 spiro atoms.